The number of H-pyrrole nitrogens is 1. The van der Waals surface area contributed by atoms with Gasteiger partial charge in [0.1, 0.15) is 11.5 Å². The van der Waals surface area contributed by atoms with Gasteiger partial charge in [0, 0.05) is 37.4 Å². The van der Waals surface area contributed by atoms with Gasteiger partial charge >= 0.3 is 0 Å². The van der Waals surface area contributed by atoms with Crippen LogP contribution < -0.4 is 0 Å². The van der Waals surface area contributed by atoms with Crippen LogP contribution in [-0.4, -0.2) is 64.9 Å². The Hall–Kier alpha value is -1.64. The number of fused-ring (bicyclic) bond motifs is 1. The summed E-state index contributed by atoms with van der Waals surface area (Å²) in [6.07, 6.45) is 1.70. The number of nitrogens with zero attached hydrogens (tertiary/aromatic N) is 3. The van der Waals surface area contributed by atoms with Gasteiger partial charge in [-0.1, -0.05) is 0 Å². The van der Waals surface area contributed by atoms with Gasteiger partial charge in [-0.05, 0) is 26.0 Å². The van der Waals surface area contributed by atoms with Crippen molar-refractivity contribution in [1.82, 2.24) is 19.8 Å². The summed E-state index contributed by atoms with van der Waals surface area (Å²) in [5.74, 6) is 2.25. The molecule has 25 heavy (non-hydrogen) atoms. The molecule has 2 saturated heterocycles. The monoisotopic (exact) mass is 364 g/mol. The summed E-state index contributed by atoms with van der Waals surface area (Å²) in [4.78, 5) is 12.0. The van der Waals surface area contributed by atoms with Crippen LogP contribution in [0.15, 0.2) is 22.9 Å². The average molecular weight is 364 g/mol. The first-order valence-corrected chi connectivity index (χ1v) is 10.5. The van der Waals surface area contributed by atoms with Crippen molar-refractivity contribution in [2.45, 2.75) is 39.0 Å². The van der Waals surface area contributed by atoms with Crippen LogP contribution in [0.3, 0.4) is 0 Å². The lowest BCUT2D eigenvalue weighted by Gasteiger charge is -2.43. The molecule has 0 bridgehead atoms. The largest absolute Gasteiger partial charge is 0.465 e. The molecule has 7 nitrogen and oxygen atoms in total. The Morgan fingerprint density at radius 2 is 1.84 bits per heavy atom. The molecule has 2 aliphatic heterocycles. The molecule has 2 aromatic heterocycles. The van der Waals surface area contributed by atoms with E-state index in [2.05, 4.69) is 19.8 Å². The second-order valence-corrected chi connectivity index (χ2v) is 9.29. The van der Waals surface area contributed by atoms with E-state index < -0.39 is 9.84 Å². The molecular weight excluding hydrogens is 340 g/mol. The highest BCUT2D eigenvalue weighted by Gasteiger charge is 2.46. The lowest BCUT2D eigenvalue weighted by molar-refractivity contribution is 0.0308. The van der Waals surface area contributed by atoms with Gasteiger partial charge in [0.05, 0.1) is 30.1 Å². The number of hydrogen-bond acceptors (Lipinski definition) is 6. The molecule has 0 spiro atoms. The fourth-order valence-electron chi connectivity index (χ4n) is 4.00. The summed E-state index contributed by atoms with van der Waals surface area (Å²) in [5.41, 5.74) is 2.05. The number of hydrogen-bond donors (Lipinski definition) is 1. The Kier molecular flexibility index (Phi) is 4.21. The van der Waals surface area contributed by atoms with E-state index in [1.54, 1.807) is 6.33 Å². The third-order valence-corrected chi connectivity index (χ3v) is 7.05. The first-order valence-electron chi connectivity index (χ1n) is 8.64. The molecule has 2 aromatic rings. The van der Waals surface area contributed by atoms with E-state index in [9.17, 15) is 8.42 Å². The molecule has 0 aromatic carbocycles. The molecule has 0 saturated carbocycles. The minimum Gasteiger partial charge on any atom is -0.465 e. The fourth-order valence-corrected chi connectivity index (χ4v) is 6.04. The van der Waals surface area contributed by atoms with E-state index in [0.717, 1.165) is 36.0 Å². The van der Waals surface area contributed by atoms with E-state index in [0.29, 0.717) is 13.1 Å². The summed E-state index contributed by atoms with van der Waals surface area (Å²) in [6, 6.07) is 3.97. The van der Waals surface area contributed by atoms with Gasteiger partial charge in [0.25, 0.3) is 0 Å². The highest BCUT2D eigenvalue weighted by Crippen LogP contribution is 2.29. The van der Waals surface area contributed by atoms with Crippen LogP contribution in [0.25, 0.3) is 0 Å². The SMILES string of the molecule is Cc1ccc(CN2CCN(Cc3nc[nH]c3C)[C@@H]3CS(=O)(=O)C[C@@H]32)o1. The molecule has 2 fully saturated rings. The van der Waals surface area contributed by atoms with E-state index in [4.69, 9.17) is 4.42 Å². The first-order chi connectivity index (χ1) is 11.9. The zero-order valence-corrected chi connectivity index (χ0v) is 15.4. The van der Waals surface area contributed by atoms with Crippen LogP contribution >= 0.6 is 0 Å². The van der Waals surface area contributed by atoms with Crippen molar-refractivity contribution in [2.24, 2.45) is 0 Å². The third-order valence-electron chi connectivity index (χ3n) is 5.35. The average Bonchev–Trinajstić information content (AvgIpc) is 3.21. The maximum atomic E-state index is 12.3. The number of piperazine rings is 1. The number of nitrogens with one attached hydrogen (secondary N) is 1. The lowest BCUT2D eigenvalue weighted by atomic mass is 10.0. The zero-order valence-electron chi connectivity index (χ0n) is 14.6. The molecule has 8 heteroatoms. The van der Waals surface area contributed by atoms with Gasteiger partial charge in [-0.2, -0.15) is 0 Å². The van der Waals surface area contributed by atoms with Crippen molar-refractivity contribution in [3.63, 3.8) is 0 Å². The van der Waals surface area contributed by atoms with Gasteiger partial charge < -0.3 is 9.40 Å². The molecule has 0 radical (unpaired) electrons. The Morgan fingerprint density at radius 1 is 1.16 bits per heavy atom. The van der Waals surface area contributed by atoms with Crippen molar-refractivity contribution < 1.29 is 12.8 Å². The van der Waals surface area contributed by atoms with Crippen molar-refractivity contribution in [3.8, 4) is 0 Å². The summed E-state index contributed by atoms with van der Waals surface area (Å²) < 4.78 is 30.3. The summed E-state index contributed by atoms with van der Waals surface area (Å²) in [7, 11) is -3.01. The molecule has 4 rings (SSSR count). The fraction of sp³-hybridized carbons (Fsp3) is 0.588. The molecular formula is C17H24N4O3S. The molecule has 2 atom stereocenters. The van der Waals surface area contributed by atoms with Crippen LogP contribution in [0, 0.1) is 13.8 Å². The van der Waals surface area contributed by atoms with E-state index in [1.165, 1.54) is 0 Å². The maximum Gasteiger partial charge on any atom is 0.153 e. The van der Waals surface area contributed by atoms with Gasteiger partial charge in [-0.15, -0.1) is 0 Å². The Labute approximate surface area is 147 Å². The number of aromatic amines is 1. The number of sulfone groups is 1. The van der Waals surface area contributed by atoms with Crippen LogP contribution in [0.1, 0.15) is 22.9 Å². The predicted octanol–water partition coefficient (Wildman–Crippen LogP) is 1.10. The number of rotatable bonds is 4. The second-order valence-electron chi connectivity index (χ2n) is 7.14. The highest BCUT2D eigenvalue weighted by atomic mass is 32.2. The predicted molar refractivity (Wildman–Crippen MR) is 93.8 cm³/mol. The maximum absolute atomic E-state index is 12.3. The summed E-state index contributed by atoms with van der Waals surface area (Å²) in [5, 5.41) is 0. The number of imidazole rings is 1. The van der Waals surface area contributed by atoms with Gasteiger partial charge in [0.2, 0.25) is 0 Å². The van der Waals surface area contributed by atoms with Crippen LogP contribution in [0.2, 0.25) is 0 Å². The molecule has 0 amide bonds. The minimum atomic E-state index is -3.01. The summed E-state index contributed by atoms with van der Waals surface area (Å²) >= 11 is 0. The molecule has 136 valence electrons. The Bertz CT molecular complexity index is 857. The molecule has 4 heterocycles. The normalized spacial score (nSPS) is 26.8. The zero-order chi connectivity index (χ0) is 17.6. The smallest absolute Gasteiger partial charge is 0.153 e. The first kappa shape index (κ1) is 16.8. The van der Waals surface area contributed by atoms with Gasteiger partial charge in [-0.25, -0.2) is 13.4 Å². The van der Waals surface area contributed by atoms with Gasteiger partial charge in [0.15, 0.2) is 9.84 Å². The Balaban J connectivity index is 1.54. The van der Waals surface area contributed by atoms with E-state index in [1.807, 2.05) is 26.0 Å². The number of aryl methyl sites for hydroxylation is 2. The molecule has 1 N–H and O–H groups in total. The Morgan fingerprint density at radius 3 is 2.40 bits per heavy atom. The minimum absolute atomic E-state index is 0.0170. The summed E-state index contributed by atoms with van der Waals surface area (Å²) in [6.45, 7) is 6.96. The van der Waals surface area contributed by atoms with Crippen molar-refractivity contribution in [2.75, 3.05) is 24.6 Å². The topological polar surface area (TPSA) is 82.4 Å². The van der Waals surface area contributed by atoms with Gasteiger partial charge in [-0.3, -0.25) is 9.80 Å². The molecule has 2 aliphatic rings. The molecule has 0 aliphatic carbocycles. The lowest BCUT2D eigenvalue weighted by Crippen LogP contribution is -2.58. The number of aromatic nitrogens is 2. The van der Waals surface area contributed by atoms with Crippen molar-refractivity contribution in [3.05, 3.63) is 41.4 Å². The quantitative estimate of drug-likeness (QED) is 0.875. The van der Waals surface area contributed by atoms with Crippen molar-refractivity contribution in [1.29, 1.82) is 0 Å². The van der Waals surface area contributed by atoms with Crippen molar-refractivity contribution >= 4 is 9.84 Å². The molecule has 0 unspecified atom stereocenters. The van der Waals surface area contributed by atoms with Crippen LogP contribution in [0.4, 0.5) is 0 Å². The van der Waals surface area contributed by atoms with Crippen LogP contribution in [-0.2, 0) is 22.9 Å². The number of furan rings is 1. The highest BCUT2D eigenvalue weighted by molar-refractivity contribution is 7.91. The second kappa shape index (κ2) is 6.26. The third kappa shape index (κ3) is 3.38. The standard InChI is InChI=1S/C17H24N4O3S/c1-12-3-4-14(24-12)7-20-5-6-21(8-15-13(2)18-11-19-15)17-10-25(22,23)9-16(17)20/h3-4,11,16-17H,5-10H2,1-2H3,(H,18,19)/t16-,17+/m0/s1. The van der Waals surface area contributed by atoms with E-state index >= 15 is 0 Å². The van der Waals surface area contributed by atoms with Crippen LogP contribution in [0.5, 0.6) is 0 Å². The van der Waals surface area contributed by atoms with E-state index in [-0.39, 0.29) is 23.6 Å².